The number of aromatic nitrogens is 3. The molecular weight excluding hydrogens is 349 g/mol. The lowest BCUT2D eigenvalue weighted by atomic mass is 10.2. The summed E-state index contributed by atoms with van der Waals surface area (Å²) in [4.78, 5) is 29.0. The quantitative estimate of drug-likeness (QED) is 0.824. The summed E-state index contributed by atoms with van der Waals surface area (Å²) < 4.78 is 15.6. The first-order valence-corrected chi connectivity index (χ1v) is 8.19. The zero-order valence-electron chi connectivity index (χ0n) is 13.8. The number of nitrogens with zero attached hydrogens (tertiary/aromatic N) is 4. The van der Waals surface area contributed by atoms with Crippen molar-refractivity contribution < 1.29 is 14.0 Å². The van der Waals surface area contributed by atoms with Gasteiger partial charge in [0.1, 0.15) is 11.6 Å². The van der Waals surface area contributed by atoms with Crippen LogP contribution in [0.1, 0.15) is 37.0 Å². The van der Waals surface area contributed by atoms with Gasteiger partial charge in [0.2, 0.25) is 5.91 Å². The van der Waals surface area contributed by atoms with Crippen LogP contribution < -0.4 is 5.32 Å². The Morgan fingerprint density at radius 1 is 1.32 bits per heavy atom. The Labute approximate surface area is 148 Å². The number of carbonyl (C=O) groups is 2. The van der Waals surface area contributed by atoms with Gasteiger partial charge in [-0.1, -0.05) is 31.5 Å². The van der Waals surface area contributed by atoms with Gasteiger partial charge in [-0.3, -0.25) is 9.69 Å². The Morgan fingerprint density at radius 3 is 2.68 bits per heavy atom. The van der Waals surface area contributed by atoms with E-state index in [-0.39, 0.29) is 42.0 Å². The molecule has 0 spiro atoms. The van der Waals surface area contributed by atoms with Gasteiger partial charge in [0, 0.05) is 16.5 Å². The van der Waals surface area contributed by atoms with Crippen LogP contribution in [-0.4, -0.2) is 38.1 Å². The van der Waals surface area contributed by atoms with Gasteiger partial charge in [-0.15, -0.1) is 0 Å². The first-order chi connectivity index (χ1) is 11.9. The molecule has 3 rings (SSSR count). The maximum Gasteiger partial charge on any atom is 0.325 e. The minimum Gasteiger partial charge on any atom is -0.329 e. The Balaban J connectivity index is 1.95. The topological polar surface area (TPSA) is 80.1 Å². The minimum absolute atomic E-state index is 0.0313. The second-order valence-corrected chi connectivity index (χ2v) is 6.44. The van der Waals surface area contributed by atoms with E-state index in [2.05, 4.69) is 15.4 Å². The first kappa shape index (κ1) is 17.3. The minimum atomic E-state index is -0.477. The molecule has 0 bridgehead atoms. The zero-order valence-corrected chi connectivity index (χ0v) is 14.5. The van der Waals surface area contributed by atoms with Gasteiger partial charge in [0.15, 0.2) is 5.82 Å². The van der Waals surface area contributed by atoms with E-state index in [1.165, 1.54) is 16.8 Å². The van der Waals surface area contributed by atoms with Crippen LogP contribution in [0.15, 0.2) is 18.2 Å². The summed E-state index contributed by atoms with van der Waals surface area (Å²) in [6.07, 6.45) is 0. The molecular formula is C16H17ClFN5O2. The summed E-state index contributed by atoms with van der Waals surface area (Å²) in [7, 11) is 0. The van der Waals surface area contributed by atoms with E-state index in [0.29, 0.717) is 11.6 Å². The van der Waals surface area contributed by atoms with Crippen molar-refractivity contribution in [3.05, 3.63) is 46.3 Å². The van der Waals surface area contributed by atoms with Crippen molar-refractivity contribution in [2.45, 2.75) is 32.9 Å². The summed E-state index contributed by atoms with van der Waals surface area (Å²) in [5.74, 6) is 0.201. The van der Waals surface area contributed by atoms with Crippen molar-refractivity contribution in [1.29, 1.82) is 0 Å². The molecule has 2 aromatic rings. The molecule has 1 aliphatic heterocycles. The van der Waals surface area contributed by atoms with E-state index in [1.54, 1.807) is 6.07 Å². The summed E-state index contributed by atoms with van der Waals surface area (Å²) in [6.45, 7) is 3.84. The SMILES string of the molecule is CC(C)c1nc(CN2C(=O)CNC2=O)n(Cc2c(F)cccc2Cl)n1. The van der Waals surface area contributed by atoms with Crippen LogP contribution in [0.4, 0.5) is 9.18 Å². The number of hydrogen-bond donors (Lipinski definition) is 1. The Kier molecular flexibility index (Phi) is 4.71. The third-order valence-corrected chi connectivity index (χ3v) is 4.24. The number of rotatable bonds is 5. The van der Waals surface area contributed by atoms with E-state index >= 15 is 0 Å². The summed E-state index contributed by atoms with van der Waals surface area (Å²) in [6, 6.07) is 3.96. The van der Waals surface area contributed by atoms with E-state index in [0.717, 1.165) is 4.90 Å². The molecule has 0 atom stereocenters. The van der Waals surface area contributed by atoms with Crippen molar-refractivity contribution in [3.63, 3.8) is 0 Å². The molecule has 1 aromatic heterocycles. The number of hydrogen-bond acceptors (Lipinski definition) is 4. The molecule has 1 aliphatic rings. The third kappa shape index (κ3) is 3.48. The van der Waals surface area contributed by atoms with E-state index in [4.69, 9.17) is 11.6 Å². The largest absolute Gasteiger partial charge is 0.329 e. The fourth-order valence-corrected chi connectivity index (χ4v) is 2.69. The van der Waals surface area contributed by atoms with E-state index in [1.807, 2.05) is 13.8 Å². The Hall–Kier alpha value is -2.48. The highest BCUT2D eigenvalue weighted by atomic mass is 35.5. The second-order valence-electron chi connectivity index (χ2n) is 6.04. The molecule has 7 nitrogen and oxygen atoms in total. The number of imide groups is 1. The normalized spacial score (nSPS) is 14.5. The van der Waals surface area contributed by atoms with Crippen LogP contribution in [0.2, 0.25) is 5.02 Å². The maximum absolute atomic E-state index is 14.1. The molecule has 1 fully saturated rings. The predicted molar refractivity (Wildman–Crippen MR) is 88.6 cm³/mol. The molecule has 0 aliphatic carbocycles. The highest BCUT2D eigenvalue weighted by molar-refractivity contribution is 6.31. The van der Waals surface area contributed by atoms with Crippen molar-refractivity contribution in [2.24, 2.45) is 0 Å². The van der Waals surface area contributed by atoms with Crippen LogP contribution in [0, 0.1) is 5.82 Å². The van der Waals surface area contributed by atoms with Crippen LogP contribution >= 0.6 is 11.6 Å². The first-order valence-electron chi connectivity index (χ1n) is 7.81. The number of urea groups is 1. The molecule has 1 aromatic carbocycles. The van der Waals surface area contributed by atoms with Gasteiger partial charge in [-0.05, 0) is 12.1 Å². The summed E-state index contributed by atoms with van der Waals surface area (Å²) >= 11 is 6.09. The van der Waals surface area contributed by atoms with Crippen molar-refractivity contribution in [2.75, 3.05) is 6.54 Å². The maximum atomic E-state index is 14.1. The van der Waals surface area contributed by atoms with Gasteiger partial charge in [-0.25, -0.2) is 18.9 Å². The molecule has 9 heteroatoms. The Morgan fingerprint density at radius 2 is 2.08 bits per heavy atom. The van der Waals surface area contributed by atoms with Gasteiger partial charge < -0.3 is 5.32 Å². The molecule has 0 unspecified atom stereocenters. The Bertz CT molecular complexity index is 800. The van der Waals surface area contributed by atoms with Crippen molar-refractivity contribution in [3.8, 4) is 0 Å². The van der Waals surface area contributed by atoms with E-state index < -0.39 is 11.8 Å². The summed E-state index contributed by atoms with van der Waals surface area (Å²) in [5, 5.41) is 7.13. The predicted octanol–water partition coefficient (Wildman–Crippen LogP) is 2.29. The van der Waals surface area contributed by atoms with Crippen LogP contribution in [0.3, 0.4) is 0 Å². The van der Waals surface area contributed by atoms with Gasteiger partial charge in [0.25, 0.3) is 0 Å². The third-order valence-electron chi connectivity index (χ3n) is 3.89. The monoisotopic (exact) mass is 365 g/mol. The van der Waals surface area contributed by atoms with E-state index in [9.17, 15) is 14.0 Å². The highest BCUT2D eigenvalue weighted by Gasteiger charge is 2.30. The number of nitrogens with one attached hydrogen (secondary N) is 1. The zero-order chi connectivity index (χ0) is 18.1. The average Bonchev–Trinajstić information content (AvgIpc) is 3.10. The van der Waals surface area contributed by atoms with Crippen molar-refractivity contribution in [1.82, 2.24) is 25.0 Å². The molecule has 2 heterocycles. The van der Waals surface area contributed by atoms with Gasteiger partial charge in [0.05, 0.1) is 19.6 Å². The lowest BCUT2D eigenvalue weighted by molar-refractivity contribution is -0.125. The molecule has 0 radical (unpaired) electrons. The van der Waals surface area contributed by atoms with Gasteiger partial charge in [-0.2, -0.15) is 5.10 Å². The molecule has 0 saturated carbocycles. The standard InChI is InChI=1S/C16H17ClFN5O2/c1-9(2)15-20-13(8-22-14(24)6-19-16(22)25)23(21-15)7-10-11(17)4-3-5-12(10)18/h3-5,9H,6-8H2,1-2H3,(H,19,25). The molecule has 3 amide bonds. The van der Waals surface area contributed by atoms with Crippen molar-refractivity contribution >= 4 is 23.5 Å². The number of benzene rings is 1. The highest BCUT2D eigenvalue weighted by Crippen LogP contribution is 2.21. The molecule has 1 N–H and O–H groups in total. The van der Waals surface area contributed by atoms with Crippen LogP contribution in [0.5, 0.6) is 0 Å². The number of carbonyl (C=O) groups excluding carboxylic acids is 2. The number of halogens is 2. The summed E-state index contributed by atoms with van der Waals surface area (Å²) in [5.41, 5.74) is 0.280. The molecule has 132 valence electrons. The van der Waals surface area contributed by atoms with Crippen LogP contribution in [0.25, 0.3) is 0 Å². The molecule has 25 heavy (non-hydrogen) atoms. The fraction of sp³-hybridized carbons (Fsp3) is 0.375. The smallest absolute Gasteiger partial charge is 0.325 e. The fourth-order valence-electron chi connectivity index (χ4n) is 2.47. The molecule has 1 saturated heterocycles. The average molecular weight is 366 g/mol. The lowest BCUT2D eigenvalue weighted by Crippen LogP contribution is -2.31. The second kappa shape index (κ2) is 6.79. The number of amides is 3. The van der Waals surface area contributed by atoms with Gasteiger partial charge >= 0.3 is 6.03 Å². The lowest BCUT2D eigenvalue weighted by Gasteiger charge is -2.13. The van der Waals surface area contributed by atoms with Crippen LogP contribution in [-0.2, 0) is 17.9 Å².